The number of rotatable bonds is 5. The number of aliphatic hydroxyl groups excluding tert-OH is 1. The lowest BCUT2D eigenvalue weighted by Crippen LogP contribution is -2.03. The van der Waals surface area contributed by atoms with E-state index in [9.17, 15) is 0 Å². The molecule has 0 aliphatic rings. The van der Waals surface area contributed by atoms with Crippen molar-refractivity contribution >= 4 is 0 Å². The first kappa shape index (κ1) is 7.88. The maximum Gasteiger partial charge on any atom is 0.143 e. The molecule has 0 aromatic rings. The monoisotopic (exact) mass is 120 g/mol. The molecular formula is C5H12O3. The second kappa shape index (κ2) is 6.88. The first-order chi connectivity index (χ1) is 3.91. The Morgan fingerprint density at radius 2 is 1.88 bits per heavy atom. The summed E-state index contributed by atoms with van der Waals surface area (Å²) in [5, 5.41) is 8.09. The zero-order valence-electron chi connectivity index (χ0n) is 5.09. The van der Waals surface area contributed by atoms with Crippen LogP contribution in [0.15, 0.2) is 0 Å². The fourth-order valence-electron chi connectivity index (χ4n) is 0.327. The second-order valence-corrected chi connectivity index (χ2v) is 1.23. The van der Waals surface area contributed by atoms with E-state index in [1.807, 2.05) is 6.92 Å². The normalized spacial score (nSPS) is 9.75. The summed E-state index contributed by atoms with van der Waals surface area (Å²) in [6, 6.07) is 0. The largest absolute Gasteiger partial charge is 0.379 e. The van der Waals surface area contributed by atoms with Crippen molar-refractivity contribution in [3.05, 3.63) is 0 Å². The Balaban J connectivity index is 2.53. The van der Waals surface area contributed by atoms with Gasteiger partial charge in [0.2, 0.25) is 0 Å². The summed E-state index contributed by atoms with van der Waals surface area (Å²) in [4.78, 5) is 0. The van der Waals surface area contributed by atoms with Gasteiger partial charge in [0, 0.05) is 6.61 Å². The van der Waals surface area contributed by atoms with Gasteiger partial charge < -0.3 is 14.6 Å². The molecule has 0 radical (unpaired) electrons. The van der Waals surface area contributed by atoms with E-state index < -0.39 is 0 Å². The molecule has 0 fully saturated rings. The standard InChI is InChI=1S/C5H12O3/c1-2-7-3-4-8-5-6/h6H,2-5H2,1H3. The first-order valence-corrected chi connectivity index (χ1v) is 2.68. The summed E-state index contributed by atoms with van der Waals surface area (Å²) in [6.45, 7) is 3.45. The van der Waals surface area contributed by atoms with E-state index in [1.54, 1.807) is 0 Å². The minimum atomic E-state index is -0.215. The third-order valence-corrected chi connectivity index (χ3v) is 0.667. The van der Waals surface area contributed by atoms with Crippen molar-refractivity contribution in [3.63, 3.8) is 0 Å². The Morgan fingerprint density at radius 1 is 1.25 bits per heavy atom. The molecule has 3 nitrogen and oxygen atoms in total. The van der Waals surface area contributed by atoms with E-state index in [0.717, 1.165) is 0 Å². The zero-order valence-corrected chi connectivity index (χ0v) is 5.09. The van der Waals surface area contributed by atoms with Gasteiger partial charge in [-0.1, -0.05) is 0 Å². The van der Waals surface area contributed by atoms with Crippen LogP contribution in [0.2, 0.25) is 0 Å². The van der Waals surface area contributed by atoms with Crippen LogP contribution >= 0.6 is 0 Å². The highest BCUT2D eigenvalue weighted by atomic mass is 16.6. The minimum absolute atomic E-state index is 0.215. The van der Waals surface area contributed by atoms with Crippen molar-refractivity contribution in [1.29, 1.82) is 0 Å². The average molecular weight is 120 g/mol. The molecule has 0 bridgehead atoms. The van der Waals surface area contributed by atoms with Gasteiger partial charge in [-0.2, -0.15) is 0 Å². The van der Waals surface area contributed by atoms with Crippen LogP contribution in [0, 0.1) is 0 Å². The van der Waals surface area contributed by atoms with Gasteiger partial charge in [0.05, 0.1) is 13.2 Å². The van der Waals surface area contributed by atoms with Gasteiger partial charge in [0.15, 0.2) is 0 Å². The SMILES string of the molecule is CCOCCOCO. The van der Waals surface area contributed by atoms with Crippen LogP contribution in [-0.2, 0) is 9.47 Å². The summed E-state index contributed by atoms with van der Waals surface area (Å²) in [5.74, 6) is 0. The van der Waals surface area contributed by atoms with Crippen LogP contribution in [0.1, 0.15) is 6.92 Å². The Hall–Kier alpha value is -0.120. The number of hydrogen-bond donors (Lipinski definition) is 1. The molecule has 0 saturated carbocycles. The average Bonchev–Trinajstić information content (AvgIpc) is 1.81. The van der Waals surface area contributed by atoms with Crippen molar-refractivity contribution in [2.45, 2.75) is 6.92 Å². The quantitative estimate of drug-likeness (QED) is 0.409. The lowest BCUT2D eigenvalue weighted by molar-refractivity contribution is -0.0276. The van der Waals surface area contributed by atoms with Gasteiger partial charge in [-0.3, -0.25) is 0 Å². The molecule has 1 N–H and O–H groups in total. The molecule has 0 aliphatic heterocycles. The topological polar surface area (TPSA) is 38.7 Å². The highest BCUT2D eigenvalue weighted by Crippen LogP contribution is 1.74. The van der Waals surface area contributed by atoms with E-state index in [-0.39, 0.29) is 6.79 Å². The Morgan fingerprint density at radius 3 is 2.38 bits per heavy atom. The molecule has 0 saturated heterocycles. The summed E-state index contributed by atoms with van der Waals surface area (Å²) in [5.41, 5.74) is 0. The van der Waals surface area contributed by atoms with Gasteiger partial charge in [-0.15, -0.1) is 0 Å². The van der Waals surface area contributed by atoms with Crippen LogP contribution in [0.5, 0.6) is 0 Å². The smallest absolute Gasteiger partial charge is 0.143 e. The summed E-state index contributed by atoms with van der Waals surface area (Å²) in [7, 11) is 0. The summed E-state index contributed by atoms with van der Waals surface area (Å²) >= 11 is 0. The molecule has 0 heterocycles. The van der Waals surface area contributed by atoms with Crippen LogP contribution in [-0.4, -0.2) is 31.7 Å². The molecule has 8 heavy (non-hydrogen) atoms. The highest BCUT2D eigenvalue weighted by molar-refractivity contribution is 4.22. The fourth-order valence-corrected chi connectivity index (χ4v) is 0.327. The van der Waals surface area contributed by atoms with Crippen molar-refractivity contribution in [2.24, 2.45) is 0 Å². The molecule has 0 spiro atoms. The molecule has 0 aromatic heterocycles. The van der Waals surface area contributed by atoms with E-state index in [2.05, 4.69) is 4.74 Å². The lowest BCUT2D eigenvalue weighted by atomic mass is 10.7. The summed E-state index contributed by atoms with van der Waals surface area (Å²) < 4.78 is 9.47. The minimum Gasteiger partial charge on any atom is -0.379 e. The van der Waals surface area contributed by atoms with Gasteiger partial charge in [-0.05, 0) is 6.92 Å². The van der Waals surface area contributed by atoms with Gasteiger partial charge in [-0.25, -0.2) is 0 Å². The third-order valence-electron chi connectivity index (χ3n) is 0.667. The Bertz CT molecular complexity index is 32.7. The maximum atomic E-state index is 8.09. The van der Waals surface area contributed by atoms with Gasteiger partial charge in [0.1, 0.15) is 6.79 Å². The van der Waals surface area contributed by atoms with Crippen LogP contribution in [0.3, 0.4) is 0 Å². The van der Waals surface area contributed by atoms with E-state index >= 15 is 0 Å². The molecule has 0 aliphatic carbocycles. The van der Waals surface area contributed by atoms with Crippen LogP contribution in [0.25, 0.3) is 0 Å². The molecular weight excluding hydrogens is 108 g/mol. The van der Waals surface area contributed by atoms with Crippen molar-refractivity contribution in [1.82, 2.24) is 0 Å². The summed E-state index contributed by atoms with van der Waals surface area (Å²) in [6.07, 6.45) is 0. The predicted molar refractivity (Wildman–Crippen MR) is 29.5 cm³/mol. The maximum absolute atomic E-state index is 8.09. The molecule has 0 rings (SSSR count). The Kier molecular flexibility index (Phi) is 6.78. The van der Waals surface area contributed by atoms with E-state index in [0.29, 0.717) is 19.8 Å². The molecule has 50 valence electrons. The number of hydrogen-bond acceptors (Lipinski definition) is 3. The second-order valence-electron chi connectivity index (χ2n) is 1.23. The molecule has 0 atom stereocenters. The Labute approximate surface area is 49.2 Å². The molecule has 0 unspecified atom stereocenters. The molecule has 3 heteroatoms. The van der Waals surface area contributed by atoms with Gasteiger partial charge in [0.25, 0.3) is 0 Å². The van der Waals surface area contributed by atoms with Gasteiger partial charge >= 0.3 is 0 Å². The van der Waals surface area contributed by atoms with Crippen LogP contribution in [0.4, 0.5) is 0 Å². The third kappa shape index (κ3) is 5.88. The van der Waals surface area contributed by atoms with E-state index in [1.165, 1.54) is 0 Å². The van der Waals surface area contributed by atoms with Crippen molar-refractivity contribution in [2.75, 3.05) is 26.6 Å². The van der Waals surface area contributed by atoms with Crippen LogP contribution < -0.4 is 0 Å². The zero-order chi connectivity index (χ0) is 6.24. The molecule has 0 amide bonds. The van der Waals surface area contributed by atoms with Crippen molar-refractivity contribution in [3.8, 4) is 0 Å². The highest BCUT2D eigenvalue weighted by Gasteiger charge is 1.81. The number of ether oxygens (including phenoxy) is 2. The van der Waals surface area contributed by atoms with Crippen molar-refractivity contribution < 1.29 is 14.6 Å². The first-order valence-electron chi connectivity index (χ1n) is 2.68. The number of aliphatic hydroxyl groups is 1. The predicted octanol–water partition coefficient (Wildman–Crippen LogP) is -0.0107. The fraction of sp³-hybridized carbons (Fsp3) is 1.00. The van der Waals surface area contributed by atoms with E-state index in [4.69, 9.17) is 9.84 Å². The lowest BCUT2D eigenvalue weighted by Gasteiger charge is -1.98. The molecule has 0 aromatic carbocycles.